The number of ether oxygens (including phenoxy) is 1. The zero-order chi connectivity index (χ0) is 13.6. The molecule has 0 unspecified atom stereocenters. The molecule has 0 aliphatic carbocycles. The van der Waals surface area contributed by atoms with E-state index in [1.807, 2.05) is 0 Å². The van der Waals surface area contributed by atoms with Gasteiger partial charge in [-0.2, -0.15) is 0 Å². The highest BCUT2D eigenvalue weighted by atomic mass is 35.5. The van der Waals surface area contributed by atoms with Crippen LogP contribution in [0.2, 0.25) is 0 Å². The summed E-state index contributed by atoms with van der Waals surface area (Å²) >= 11 is 1.05. The van der Waals surface area contributed by atoms with Gasteiger partial charge in [-0.25, -0.2) is 17.9 Å². The van der Waals surface area contributed by atoms with E-state index >= 15 is 0 Å². The first-order valence-electron chi connectivity index (χ1n) is 5.32. The van der Waals surface area contributed by atoms with E-state index in [0.29, 0.717) is 13.0 Å². The van der Waals surface area contributed by atoms with Crippen molar-refractivity contribution in [3.63, 3.8) is 0 Å². The Hall–Kier alpha value is -0.670. The second-order valence-electron chi connectivity index (χ2n) is 3.49. The molecule has 6 nitrogen and oxygen atoms in total. The van der Waals surface area contributed by atoms with Gasteiger partial charge in [0, 0.05) is 11.9 Å². The highest BCUT2D eigenvalue weighted by molar-refractivity contribution is 7.89. The molecular weight excluding hydrogens is 312 g/mol. The van der Waals surface area contributed by atoms with Crippen molar-refractivity contribution in [3.05, 3.63) is 16.3 Å². The van der Waals surface area contributed by atoms with Crippen LogP contribution >= 0.6 is 23.7 Å². The van der Waals surface area contributed by atoms with Crippen LogP contribution in [0.4, 0.5) is 0 Å². The number of esters is 1. The van der Waals surface area contributed by atoms with Gasteiger partial charge in [0.1, 0.15) is 4.88 Å². The molecule has 0 spiro atoms. The van der Waals surface area contributed by atoms with Gasteiger partial charge in [0.15, 0.2) is 0 Å². The maximum atomic E-state index is 11.8. The predicted octanol–water partition coefficient (Wildman–Crippen LogP) is 0.844. The Kier molecular flexibility index (Phi) is 8.19. The van der Waals surface area contributed by atoms with Crippen molar-refractivity contribution < 1.29 is 17.9 Å². The molecule has 1 rings (SSSR count). The summed E-state index contributed by atoms with van der Waals surface area (Å²) < 4.78 is 30.7. The van der Waals surface area contributed by atoms with Crippen LogP contribution in [0, 0.1) is 0 Å². The number of rotatable bonds is 7. The minimum absolute atomic E-state index is 0. The number of hydrogen-bond acceptors (Lipinski definition) is 6. The van der Waals surface area contributed by atoms with E-state index in [0.717, 1.165) is 17.9 Å². The first-order chi connectivity index (χ1) is 8.51. The van der Waals surface area contributed by atoms with Crippen molar-refractivity contribution in [2.75, 3.05) is 27.2 Å². The van der Waals surface area contributed by atoms with Gasteiger partial charge in [-0.15, -0.1) is 23.7 Å². The van der Waals surface area contributed by atoms with Gasteiger partial charge in [-0.05, 0) is 26.1 Å². The smallest absolute Gasteiger partial charge is 0.348 e. The third kappa shape index (κ3) is 5.45. The van der Waals surface area contributed by atoms with E-state index in [4.69, 9.17) is 0 Å². The van der Waals surface area contributed by atoms with Gasteiger partial charge >= 0.3 is 5.97 Å². The Bertz CT molecular complexity index is 501. The fourth-order valence-electron chi connectivity index (χ4n) is 1.22. The zero-order valence-electron chi connectivity index (χ0n) is 10.6. The highest BCUT2D eigenvalue weighted by Gasteiger charge is 2.18. The number of halogens is 1. The third-order valence-electron chi connectivity index (χ3n) is 2.17. The lowest BCUT2D eigenvalue weighted by atomic mass is 10.4. The molecule has 0 atom stereocenters. The molecule has 0 aliphatic heterocycles. The Balaban J connectivity index is 0.00000324. The number of methoxy groups -OCH3 is 1. The average Bonchev–Trinajstić information content (AvgIpc) is 2.84. The summed E-state index contributed by atoms with van der Waals surface area (Å²) in [5, 5.41) is 4.35. The van der Waals surface area contributed by atoms with Crippen molar-refractivity contribution in [2.24, 2.45) is 0 Å². The summed E-state index contributed by atoms with van der Waals surface area (Å²) in [7, 11) is -0.479. The van der Waals surface area contributed by atoms with Crippen LogP contribution in [-0.4, -0.2) is 41.6 Å². The van der Waals surface area contributed by atoms with E-state index < -0.39 is 16.0 Å². The van der Waals surface area contributed by atoms with Gasteiger partial charge in [-0.1, -0.05) is 0 Å². The highest BCUT2D eigenvalue weighted by Crippen LogP contribution is 2.19. The topological polar surface area (TPSA) is 84.5 Å². The monoisotopic (exact) mass is 328 g/mol. The molecule has 9 heteroatoms. The molecule has 0 fully saturated rings. The first-order valence-corrected chi connectivity index (χ1v) is 7.68. The maximum absolute atomic E-state index is 11.8. The van der Waals surface area contributed by atoms with Crippen LogP contribution in [0.15, 0.2) is 16.3 Å². The van der Waals surface area contributed by atoms with Crippen LogP contribution in [0.1, 0.15) is 16.1 Å². The molecule has 0 radical (unpaired) electrons. The van der Waals surface area contributed by atoms with Crippen molar-refractivity contribution in [3.8, 4) is 0 Å². The fourth-order valence-corrected chi connectivity index (χ4v) is 3.49. The lowest BCUT2D eigenvalue weighted by Crippen LogP contribution is -2.26. The van der Waals surface area contributed by atoms with Crippen LogP contribution in [0.25, 0.3) is 0 Å². The second-order valence-corrected chi connectivity index (χ2v) is 6.17. The lowest BCUT2D eigenvalue weighted by Gasteiger charge is -2.04. The molecule has 110 valence electrons. The standard InChI is InChI=1S/C10H16N2O4S2.ClH/c1-11-4-3-5-12-18(14,15)8-6-9(17-7-8)10(13)16-2;/h6-7,11-12H,3-5H2,1-2H3;1H. The van der Waals surface area contributed by atoms with Gasteiger partial charge in [0.2, 0.25) is 10.0 Å². The summed E-state index contributed by atoms with van der Waals surface area (Å²) in [5.74, 6) is -0.531. The van der Waals surface area contributed by atoms with Crippen LogP contribution in [0.3, 0.4) is 0 Å². The van der Waals surface area contributed by atoms with Crippen molar-refractivity contribution in [2.45, 2.75) is 11.3 Å². The predicted molar refractivity (Wildman–Crippen MR) is 76.6 cm³/mol. The SMILES string of the molecule is CNCCCNS(=O)(=O)c1csc(C(=O)OC)c1.Cl. The summed E-state index contributed by atoms with van der Waals surface area (Å²) in [6.45, 7) is 1.09. The van der Waals surface area contributed by atoms with Crippen LogP contribution in [0.5, 0.6) is 0 Å². The van der Waals surface area contributed by atoms with Crippen molar-refractivity contribution >= 4 is 39.7 Å². The van der Waals surface area contributed by atoms with Gasteiger partial charge in [-0.3, -0.25) is 0 Å². The average molecular weight is 329 g/mol. The molecule has 0 saturated carbocycles. The molecule has 0 aromatic carbocycles. The first kappa shape index (κ1) is 18.3. The van der Waals surface area contributed by atoms with Gasteiger partial charge < -0.3 is 10.1 Å². The normalized spacial score (nSPS) is 10.8. The molecule has 0 saturated heterocycles. The maximum Gasteiger partial charge on any atom is 0.348 e. The van der Waals surface area contributed by atoms with E-state index in [1.165, 1.54) is 18.6 Å². The summed E-state index contributed by atoms with van der Waals surface area (Å²) in [4.78, 5) is 11.6. The molecule has 0 aliphatic rings. The van der Waals surface area contributed by atoms with Gasteiger partial charge in [0.05, 0.1) is 12.0 Å². The number of thiophene rings is 1. The number of carbonyl (C=O) groups excluding carboxylic acids is 1. The summed E-state index contributed by atoms with van der Waals surface area (Å²) in [5.41, 5.74) is 0. The Morgan fingerprint density at radius 3 is 2.68 bits per heavy atom. The number of nitrogens with one attached hydrogen (secondary N) is 2. The van der Waals surface area contributed by atoms with Gasteiger partial charge in [0.25, 0.3) is 0 Å². The lowest BCUT2D eigenvalue weighted by molar-refractivity contribution is 0.0606. The van der Waals surface area contributed by atoms with E-state index in [2.05, 4.69) is 14.8 Å². The minimum atomic E-state index is -3.54. The number of carbonyl (C=O) groups is 1. The molecule has 1 aromatic heterocycles. The molecule has 2 N–H and O–H groups in total. The molecule has 0 bridgehead atoms. The quantitative estimate of drug-likeness (QED) is 0.572. The van der Waals surface area contributed by atoms with E-state index in [-0.39, 0.29) is 22.2 Å². The molecule has 1 heterocycles. The minimum Gasteiger partial charge on any atom is -0.465 e. The zero-order valence-corrected chi connectivity index (χ0v) is 13.1. The second kappa shape index (κ2) is 8.49. The molecular formula is C10H17ClN2O4S2. The Morgan fingerprint density at radius 2 is 2.11 bits per heavy atom. The third-order valence-corrected chi connectivity index (χ3v) is 4.67. The number of sulfonamides is 1. The summed E-state index contributed by atoms with van der Waals surface area (Å²) in [6.07, 6.45) is 0.698. The Labute approximate surface area is 123 Å². The molecule has 1 aromatic rings. The molecule has 0 amide bonds. The fraction of sp³-hybridized carbons (Fsp3) is 0.500. The largest absolute Gasteiger partial charge is 0.465 e. The van der Waals surface area contributed by atoms with Crippen molar-refractivity contribution in [1.29, 1.82) is 0 Å². The van der Waals surface area contributed by atoms with E-state index in [9.17, 15) is 13.2 Å². The van der Waals surface area contributed by atoms with Crippen LogP contribution < -0.4 is 10.0 Å². The van der Waals surface area contributed by atoms with Crippen LogP contribution in [-0.2, 0) is 14.8 Å². The molecule has 19 heavy (non-hydrogen) atoms. The van der Waals surface area contributed by atoms with E-state index in [1.54, 1.807) is 7.05 Å². The van der Waals surface area contributed by atoms with Crippen molar-refractivity contribution in [1.82, 2.24) is 10.0 Å². The Morgan fingerprint density at radius 1 is 1.42 bits per heavy atom. The number of hydrogen-bond donors (Lipinski definition) is 2. The summed E-state index contributed by atoms with van der Waals surface area (Å²) in [6, 6.07) is 1.32.